The molecule has 0 bridgehead atoms. The number of ether oxygens (including phenoxy) is 1. The lowest BCUT2D eigenvalue weighted by atomic mass is 10.0. The first kappa shape index (κ1) is 9.53. The molecule has 0 radical (unpaired) electrons. The minimum absolute atomic E-state index is 0.351. The zero-order valence-electron chi connectivity index (χ0n) is 8.49. The Balaban J connectivity index is 2.10. The van der Waals surface area contributed by atoms with E-state index in [1.807, 2.05) is 12.1 Å². The molecule has 0 aromatic heterocycles. The summed E-state index contributed by atoms with van der Waals surface area (Å²) in [5.41, 5.74) is 2.44. The van der Waals surface area contributed by atoms with E-state index in [1.165, 1.54) is 17.5 Å². The van der Waals surface area contributed by atoms with Gasteiger partial charge in [-0.15, -0.1) is 0 Å². The van der Waals surface area contributed by atoms with Crippen LogP contribution in [-0.4, -0.2) is 17.8 Å². The molecule has 0 spiro atoms. The minimum Gasteiger partial charge on any atom is -0.508 e. The summed E-state index contributed by atoms with van der Waals surface area (Å²) in [5.74, 6) is 0.351. The number of hydrogen-bond acceptors (Lipinski definition) is 2. The number of phenolic OH excluding ortho intramolecular Hbond substituents is 1. The largest absolute Gasteiger partial charge is 0.508 e. The molecule has 2 nitrogen and oxygen atoms in total. The van der Waals surface area contributed by atoms with Crippen molar-refractivity contribution in [3.8, 4) is 5.75 Å². The van der Waals surface area contributed by atoms with Crippen LogP contribution in [0.25, 0.3) is 0 Å². The van der Waals surface area contributed by atoms with Gasteiger partial charge in [0.1, 0.15) is 5.75 Å². The topological polar surface area (TPSA) is 29.5 Å². The van der Waals surface area contributed by atoms with E-state index in [1.54, 1.807) is 6.07 Å². The molecule has 2 heteroatoms. The number of hydrogen-bond donors (Lipinski definition) is 1. The molecule has 0 amide bonds. The van der Waals surface area contributed by atoms with Gasteiger partial charge in [-0.1, -0.05) is 6.07 Å². The summed E-state index contributed by atoms with van der Waals surface area (Å²) in [6.07, 6.45) is 3.60. The van der Waals surface area contributed by atoms with Crippen LogP contribution in [0.1, 0.15) is 24.0 Å². The van der Waals surface area contributed by atoms with Gasteiger partial charge >= 0.3 is 0 Å². The normalized spacial score (nSPS) is 21.4. The van der Waals surface area contributed by atoms with E-state index in [2.05, 4.69) is 6.92 Å². The van der Waals surface area contributed by atoms with Crippen LogP contribution in [0.4, 0.5) is 0 Å². The second-order valence-corrected chi connectivity index (χ2v) is 3.95. The number of phenols is 1. The third-order valence-corrected chi connectivity index (χ3v) is 2.80. The third-order valence-electron chi connectivity index (χ3n) is 2.80. The van der Waals surface area contributed by atoms with Crippen LogP contribution in [0.5, 0.6) is 5.75 Å². The highest BCUT2D eigenvalue weighted by atomic mass is 16.5. The molecular weight excluding hydrogens is 176 g/mol. The Morgan fingerprint density at radius 3 is 3.07 bits per heavy atom. The molecule has 1 aliphatic rings. The van der Waals surface area contributed by atoms with Crippen molar-refractivity contribution in [2.75, 3.05) is 6.61 Å². The van der Waals surface area contributed by atoms with Gasteiger partial charge in [0.15, 0.2) is 0 Å². The van der Waals surface area contributed by atoms with Crippen molar-refractivity contribution < 1.29 is 9.84 Å². The molecule has 0 saturated carbocycles. The highest BCUT2D eigenvalue weighted by Gasteiger charge is 2.16. The lowest BCUT2D eigenvalue weighted by Crippen LogP contribution is -2.09. The Labute approximate surface area is 84.5 Å². The van der Waals surface area contributed by atoms with Gasteiger partial charge < -0.3 is 9.84 Å². The Morgan fingerprint density at radius 2 is 2.36 bits per heavy atom. The van der Waals surface area contributed by atoms with E-state index < -0.39 is 0 Å². The lowest BCUT2D eigenvalue weighted by molar-refractivity contribution is 0.111. The molecule has 1 N–H and O–H groups in total. The second kappa shape index (κ2) is 4.01. The highest BCUT2D eigenvalue weighted by Crippen LogP contribution is 2.22. The maximum atomic E-state index is 9.37. The first-order chi connectivity index (χ1) is 6.75. The van der Waals surface area contributed by atoms with Crippen LogP contribution < -0.4 is 0 Å². The van der Waals surface area contributed by atoms with E-state index >= 15 is 0 Å². The summed E-state index contributed by atoms with van der Waals surface area (Å²) >= 11 is 0. The van der Waals surface area contributed by atoms with Crippen molar-refractivity contribution in [3.63, 3.8) is 0 Å². The van der Waals surface area contributed by atoms with Gasteiger partial charge in [0.2, 0.25) is 0 Å². The van der Waals surface area contributed by atoms with Gasteiger partial charge in [0.25, 0.3) is 0 Å². The molecule has 1 aliphatic heterocycles. The maximum absolute atomic E-state index is 9.37. The van der Waals surface area contributed by atoms with E-state index in [9.17, 15) is 5.11 Å². The van der Waals surface area contributed by atoms with Crippen LogP contribution >= 0.6 is 0 Å². The fraction of sp³-hybridized carbons (Fsp3) is 0.500. The van der Waals surface area contributed by atoms with Crippen molar-refractivity contribution in [2.24, 2.45) is 0 Å². The Hall–Kier alpha value is -1.02. The molecule has 0 aliphatic carbocycles. The van der Waals surface area contributed by atoms with E-state index in [4.69, 9.17) is 4.74 Å². The average Bonchev–Trinajstić information content (AvgIpc) is 2.64. The fourth-order valence-electron chi connectivity index (χ4n) is 1.93. The standard InChI is InChI=1S/C12H16O2/c1-9-4-5-11(13)7-10(9)8-12-3-2-6-14-12/h4-5,7,12-13H,2-3,6,8H2,1H3. The Kier molecular flexibility index (Phi) is 2.73. The average molecular weight is 192 g/mol. The van der Waals surface area contributed by atoms with Crippen molar-refractivity contribution in [1.82, 2.24) is 0 Å². The van der Waals surface area contributed by atoms with Gasteiger partial charge in [-0.05, 0) is 49.4 Å². The van der Waals surface area contributed by atoms with Crippen LogP contribution in [0, 0.1) is 6.92 Å². The van der Waals surface area contributed by atoms with Gasteiger partial charge in [0.05, 0.1) is 6.10 Å². The molecule has 1 saturated heterocycles. The molecule has 1 aromatic carbocycles. The number of aromatic hydroxyl groups is 1. The van der Waals surface area contributed by atoms with Crippen molar-refractivity contribution >= 4 is 0 Å². The van der Waals surface area contributed by atoms with Gasteiger partial charge in [-0.25, -0.2) is 0 Å². The smallest absolute Gasteiger partial charge is 0.115 e. The van der Waals surface area contributed by atoms with Crippen molar-refractivity contribution in [2.45, 2.75) is 32.3 Å². The minimum atomic E-state index is 0.351. The number of aryl methyl sites for hydroxylation is 1. The predicted molar refractivity (Wildman–Crippen MR) is 55.5 cm³/mol. The molecule has 14 heavy (non-hydrogen) atoms. The number of rotatable bonds is 2. The Morgan fingerprint density at radius 1 is 1.50 bits per heavy atom. The molecule has 1 atom stereocenters. The summed E-state index contributed by atoms with van der Waals surface area (Å²) in [6.45, 7) is 2.96. The van der Waals surface area contributed by atoms with Crippen LogP contribution in [-0.2, 0) is 11.2 Å². The quantitative estimate of drug-likeness (QED) is 0.779. The molecule has 1 aromatic rings. The molecule has 1 fully saturated rings. The molecular formula is C12H16O2. The van der Waals surface area contributed by atoms with E-state index in [-0.39, 0.29) is 0 Å². The Bertz CT molecular complexity index is 314. The second-order valence-electron chi connectivity index (χ2n) is 3.95. The van der Waals surface area contributed by atoms with E-state index in [0.29, 0.717) is 11.9 Å². The molecule has 76 valence electrons. The molecule has 1 heterocycles. The van der Waals surface area contributed by atoms with Crippen LogP contribution in [0.15, 0.2) is 18.2 Å². The first-order valence-corrected chi connectivity index (χ1v) is 5.16. The first-order valence-electron chi connectivity index (χ1n) is 5.16. The summed E-state index contributed by atoms with van der Waals surface area (Å²) < 4.78 is 5.57. The fourth-order valence-corrected chi connectivity index (χ4v) is 1.93. The van der Waals surface area contributed by atoms with Crippen LogP contribution in [0.2, 0.25) is 0 Å². The highest BCUT2D eigenvalue weighted by molar-refractivity contribution is 5.34. The van der Waals surface area contributed by atoms with Gasteiger partial charge in [0, 0.05) is 6.61 Å². The summed E-state index contributed by atoms with van der Waals surface area (Å²) in [4.78, 5) is 0. The van der Waals surface area contributed by atoms with Crippen LogP contribution in [0.3, 0.4) is 0 Å². The number of benzene rings is 1. The van der Waals surface area contributed by atoms with E-state index in [0.717, 1.165) is 19.4 Å². The SMILES string of the molecule is Cc1ccc(O)cc1CC1CCCO1. The monoisotopic (exact) mass is 192 g/mol. The maximum Gasteiger partial charge on any atom is 0.115 e. The summed E-state index contributed by atoms with van der Waals surface area (Å²) in [7, 11) is 0. The summed E-state index contributed by atoms with van der Waals surface area (Å²) in [6, 6.07) is 5.53. The third kappa shape index (κ3) is 2.07. The zero-order chi connectivity index (χ0) is 9.97. The van der Waals surface area contributed by atoms with Gasteiger partial charge in [-0.2, -0.15) is 0 Å². The molecule has 1 unspecified atom stereocenters. The summed E-state index contributed by atoms with van der Waals surface area (Å²) in [5, 5.41) is 9.37. The lowest BCUT2D eigenvalue weighted by Gasteiger charge is -2.11. The van der Waals surface area contributed by atoms with Gasteiger partial charge in [-0.3, -0.25) is 0 Å². The predicted octanol–water partition coefficient (Wildman–Crippen LogP) is 2.42. The van der Waals surface area contributed by atoms with Crippen molar-refractivity contribution in [3.05, 3.63) is 29.3 Å². The zero-order valence-corrected chi connectivity index (χ0v) is 8.49. The molecule has 2 rings (SSSR count). The van der Waals surface area contributed by atoms with Crippen molar-refractivity contribution in [1.29, 1.82) is 0 Å².